The van der Waals surface area contributed by atoms with Crippen LogP contribution >= 0.6 is 0 Å². The maximum Gasteiger partial charge on any atom is 0.258 e. The Morgan fingerprint density at radius 1 is 1.10 bits per heavy atom. The first kappa shape index (κ1) is 20.2. The van der Waals surface area contributed by atoms with Gasteiger partial charge in [-0.15, -0.1) is 0 Å². The summed E-state index contributed by atoms with van der Waals surface area (Å²) in [5.41, 5.74) is 1.36. The minimum Gasteiger partial charge on any atom is -0.497 e. The van der Waals surface area contributed by atoms with Crippen molar-refractivity contribution in [3.05, 3.63) is 76.2 Å². The lowest BCUT2D eigenvalue weighted by molar-refractivity contribution is 0.0487. The molecule has 2 heterocycles. The molecule has 6 heteroatoms. The molecular formula is C24H26N2O4. The van der Waals surface area contributed by atoms with Gasteiger partial charge in [0, 0.05) is 49.2 Å². The molecular weight excluding hydrogens is 380 g/mol. The molecule has 4 rings (SSSR count). The van der Waals surface area contributed by atoms with Gasteiger partial charge in [-0.1, -0.05) is 30.3 Å². The van der Waals surface area contributed by atoms with Crippen LogP contribution in [0.2, 0.25) is 0 Å². The highest BCUT2D eigenvalue weighted by atomic mass is 16.5. The molecule has 0 radical (unpaired) electrons. The number of nitrogens with one attached hydrogen (secondary N) is 1. The van der Waals surface area contributed by atoms with E-state index in [0.717, 1.165) is 24.2 Å². The highest BCUT2D eigenvalue weighted by Gasteiger charge is 2.35. The van der Waals surface area contributed by atoms with Crippen molar-refractivity contribution in [3.63, 3.8) is 0 Å². The number of aryl methyl sites for hydroxylation is 1. The number of ether oxygens (including phenoxy) is 2. The van der Waals surface area contributed by atoms with E-state index < -0.39 is 0 Å². The molecule has 3 aromatic rings. The maximum absolute atomic E-state index is 13.2. The molecule has 1 amide bonds. The van der Waals surface area contributed by atoms with E-state index in [1.165, 1.54) is 4.57 Å². The van der Waals surface area contributed by atoms with Gasteiger partial charge in [-0.2, -0.15) is 0 Å². The molecule has 2 aromatic carbocycles. The average molecular weight is 406 g/mol. The first-order valence-electron chi connectivity index (χ1n) is 10.1. The van der Waals surface area contributed by atoms with Crippen molar-refractivity contribution in [3.8, 4) is 5.75 Å². The summed E-state index contributed by atoms with van der Waals surface area (Å²) in [6.07, 6.45) is 3.27. The zero-order valence-electron chi connectivity index (χ0n) is 17.3. The fraction of sp³-hybridized carbons (Fsp3) is 0.333. The number of rotatable bonds is 5. The van der Waals surface area contributed by atoms with Gasteiger partial charge in [-0.05, 0) is 36.6 Å². The van der Waals surface area contributed by atoms with Crippen molar-refractivity contribution in [2.75, 3.05) is 26.9 Å². The Balaban J connectivity index is 1.63. The molecule has 0 spiro atoms. The lowest BCUT2D eigenvalue weighted by Crippen LogP contribution is -2.44. The van der Waals surface area contributed by atoms with E-state index in [9.17, 15) is 9.59 Å². The SMILES string of the molecule is COc1ccc(C2(CNC(=O)c3cn(C)c(=O)c4ccccc34)CCOCC2)cc1. The second-order valence-electron chi connectivity index (χ2n) is 7.81. The van der Waals surface area contributed by atoms with Crippen LogP contribution in [0.3, 0.4) is 0 Å². The van der Waals surface area contributed by atoms with Gasteiger partial charge in [0.15, 0.2) is 0 Å². The standard InChI is InChI=1S/C24H26N2O4/c1-26-15-21(19-5-3-4-6-20(19)23(26)28)22(27)25-16-24(11-13-30-14-12-24)17-7-9-18(29-2)10-8-17/h3-10,15H,11-14,16H2,1-2H3,(H,25,27). The molecule has 6 nitrogen and oxygen atoms in total. The summed E-state index contributed by atoms with van der Waals surface area (Å²) in [7, 11) is 3.32. The van der Waals surface area contributed by atoms with E-state index in [0.29, 0.717) is 36.1 Å². The molecule has 0 unspecified atom stereocenters. The van der Waals surface area contributed by atoms with E-state index >= 15 is 0 Å². The lowest BCUT2D eigenvalue weighted by atomic mass is 9.74. The normalized spacial score (nSPS) is 15.7. The van der Waals surface area contributed by atoms with Crippen LogP contribution in [0, 0.1) is 0 Å². The Hall–Kier alpha value is -3.12. The quantitative estimate of drug-likeness (QED) is 0.707. The molecule has 1 N–H and O–H groups in total. The van der Waals surface area contributed by atoms with Crippen LogP contribution in [0.1, 0.15) is 28.8 Å². The van der Waals surface area contributed by atoms with Crippen LogP contribution in [0.4, 0.5) is 0 Å². The number of amides is 1. The van der Waals surface area contributed by atoms with Gasteiger partial charge >= 0.3 is 0 Å². The smallest absolute Gasteiger partial charge is 0.258 e. The minimum atomic E-state index is -0.198. The maximum atomic E-state index is 13.2. The van der Waals surface area contributed by atoms with Crippen LogP contribution in [0.15, 0.2) is 59.5 Å². The van der Waals surface area contributed by atoms with Gasteiger partial charge < -0.3 is 19.4 Å². The minimum absolute atomic E-state index is 0.110. The van der Waals surface area contributed by atoms with E-state index in [4.69, 9.17) is 9.47 Å². The fourth-order valence-electron chi connectivity index (χ4n) is 4.22. The predicted octanol–water partition coefficient (Wildman–Crippen LogP) is 3.03. The van der Waals surface area contributed by atoms with Crippen LogP contribution in [0.5, 0.6) is 5.75 Å². The second-order valence-corrected chi connectivity index (χ2v) is 7.81. The zero-order valence-corrected chi connectivity index (χ0v) is 17.3. The Bertz CT molecular complexity index is 1110. The van der Waals surface area contributed by atoms with Gasteiger partial charge in [0.05, 0.1) is 12.7 Å². The highest BCUT2D eigenvalue weighted by molar-refractivity contribution is 6.06. The molecule has 1 aliphatic rings. The molecule has 156 valence electrons. The molecule has 1 saturated heterocycles. The number of hydrogen-bond donors (Lipinski definition) is 1. The van der Waals surface area contributed by atoms with Gasteiger partial charge in [0.25, 0.3) is 11.5 Å². The number of carbonyl (C=O) groups is 1. The van der Waals surface area contributed by atoms with Crippen molar-refractivity contribution in [1.82, 2.24) is 9.88 Å². The summed E-state index contributed by atoms with van der Waals surface area (Å²) in [6, 6.07) is 15.3. The zero-order chi connectivity index (χ0) is 21.1. The predicted molar refractivity (Wildman–Crippen MR) is 116 cm³/mol. The third-order valence-corrected chi connectivity index (χ3v) is 6.07. The number of hydrogen-bond acceptors (Lipinski definition) is 4. The number of fused-ring (bicyclic) bond motifs is 1. The third-order valence-electron chi connectivity index (χ3n) is 6.07. The summed E-state index contributed by atoms with van der Waals surface area (Å²) in [5.74, 6) is 0.628. The Labute approximate surface area is 175 Å². The lowest BCUT2D eigenvalue weighted by Gasteiger charge is -2.38. The number of nitrogens with zero attached hydrogens (tertiary/aromatic N) is 1. The Kier molecular flexibility index (Phi) is 5.59. The van der Waals surface area contributed by atoms with Gasteiger partial charge in [-0.3, -0.25) is 9.59 Å². The summed E-state index contributed by atoms with van der Waals surface area (Å²) in [5, 5.41) is 4.35. The second kappa shape index (κ2) is 8.32. The largest absolute Gasteiger partial charge is 0.497 e. The van der Waals surface area contributed by atoms with Gasteiger partial charge in [-0.25, -0.2) is 0 Å². The van der Waals surface area contributed by atoms with Crippen LogP contribution < -0.4 is 15.6 Å². The molecule has 0 bridgehead atoms. The topological polar surface area (TPSA) is 69.6 Å². The van der Waals surface area contributed by atoms with Crippen molar-refractivity contribution >= 4 is 16.7 Å². The Morgan fingerprint density at radius 2 is 1.77 bits per heavy atom. The van der Waals surface area contributed by atoms with Crippen molar-refractivity contribution in [2.45, 2.75) is 18.3 Å². The summed E-state index contributed by atoms with van der Waals surface area (Å²) in [4.78, 5) is 25.6. The highest BCUT2D eigenvalue weighted by Crippen LogP contribution is 2.35. The number of methoxy groups -OCH3 is 1. The molecule has 0 saturated carbocycles. The Morgan fingerprint density at radius 3 is 2.43 bits per heavy atom. The first-order chi connectivity index (χ1) is 14.5. The van der Waals surface area contributed by atoms with Crippen molar-refractivity contribution in [1.29, 1.82) is 0 Å². The summed E-state index contributed by atoms with van der Waals surface area (Å²) >= 11 is 0. The first-order valence-corrected chi connectivity index (χ1v) is 10.1. The van der Waals surface area contributed by atoms with Gasteiger partial charge in [0.2, 0.25) is 0 Å². The molecule has 1 aliphatic heterocycles. The molecule has 0 atom stereocenters. The number of pyridine rings is 1. The fourth-order valence-corrected chi connectivity index (χ4v) is 4.22. The summed E-state index contributed by atoms with van der Waals surface area (Å²) in [6.45, 7) is 1.81. The van der Waals surface area contributed by atoms with Crippen molar-refractivity contribution < 1.29 is 14.3 Å². The van der Waals surface area contributed by atoms with Crippen LogP contribution in [-0.2, 0) is 17.2 Å². The van der Waals surface area contributed by atoms with E-state index in [1.807, 2.05) is 30.3 Å². The number of benzene rings is 2. The molecule has 30 heavy (non-hydrogen) atoms. The van der Waals surface area contributed by atoms with E-state index in [1.54, 1.807) is 26.4 Å². The average Bonchev–Trinajstić information content (AvgIpc) is 2.80. The number of aromatic nitrogens is 1. The van der Waals surface area contributed by atoms with Crippen molar-refractivity contribution in [2.24, 2.45) is 7.05 Å². The van der Waals surface area contributed by atoms with Crippen LogP contribution in [-0.4, -0.2) is 37.3 Å². The third kappa shape index (κ3) is 3.71. The van der Waals surface area contributed by atoms with E-state index in [2.05, 4.69) is 17.4 Å². The molecule has 0 aliphatic carbocycles. The molecule has 1 aromatic heterocycles. The van der Waals surface area contributed by atoms with Crippen LogP contribution in [0.25, 0.3) is 10.8 Å². The molecule has 1 fully saturated rings. The number of carbonyl (C=O) groups excluding carboxylic acids is 1. The summed E-state index contributed by atoms with van der Waals surface area (Å²) < 4.78 is 12.3. The van der Waals surface area contributed by atoms with Gasteiger partial charge in [0.1, 0.15) is 5.75 Å². The van der Waals surface area contributed by atoms with E-state index in [-0.39, 0.29) is 16.9 Å². The monoisotopic (exact) mass is 406 g/mol.